The summed E-state index contributed by atoms with van der Waals surface area (Å²) in [4.78, 5) is 0. The number of halogens is 1. The van der Waals surface area contributed by atoms with E-state index < -0.39 is 0 Å². The van der Waals surface area contributed by atoms with Gasteiger partial charge in [-0.2, -0.15) is 0 Å². The zero-order valence-corrected chi connectivity index (χ0v) is 12.4. The molecule has 5 atom stereocenters. The van der Waals surface area contributed by atoms with Crippen molar-refractivity contribution in [2.24, 2.45) is 17.3 Å². The second-order valence-corrected chi connectivity index (χ2v) is 7.89. The summed E-state index contributed by atoms with van der Waals surface area (Å²) >= 11 is 2.58. The van der Waals surface area contributed by atoms with Crippen molar-refractivity contribution in [3.8, 4) is 0 Å². The van der Waals surface area contributed by atoms with E-state index in [1.54, 1.807) is 0 Å². The molecule has 0 aromatic carbocycles. The van der Waals surface area contributed by atoms with Crippen molar-refractivity contribution in [3.05, 3.63) is 0 Å². The molecule has 0 amide bonds. The molecule has 0 spiro atoms. The second-order valence-electron chi connectivity index (χ2n) is 5.97. The van der Waals surface area contributed by atoms with Crippen LogP contribution in [-0.4, -0.2) is 26.3 Å². The molecule has 0 aromatic heterocycles. The number of alkyl halides is 1. The van der Waals surface area contributed by atoms with E-state index in [9.17, 15) is 10.2 Å². The molecule has 94 valence electrons. The first-order valence-electron chi connectivity index (χ1n) is 6.43. The normalized spacial score (nSPS) is 50.1. The smallest absolute Gasteiger partial charge is 0.0574 e. The first-order chi connectivity index (χ1) is 7.45. The summed E-state index contributed by atoms with van der Waals surface area (Å²) in [7, 11) is 0. The minimum absolute atomic E-state index is 0.110. The summed E-state index contributed by atoms with van der Waals surface area (Å²) in [6, 6.07) is 0. The Hall–Kier alpha value is 0.650. The van der Waals surface area contributed by atoms with Gasteiger partial charge >= 0.3 is 0 Å². The summed E-state index contributed by atoms with van der Waals surface area (Å²) in [5, 5.41) is 19.6. The predicted molar refractivity (Wildman–Crippen MR) is 73.7 cm³/mol. The Morgan fingerprint density at radius 1 is 1.38 bits per heavy atom. The van der Waals surface area contributed by atoms with Gasteiger partial charge in [-0.05, 0) is 42.9 Å². The van der Waals surface area contributed by atoms with Gasteiger partial charge in [-0.25, -0.2) is 0 Å². The van der Waals surface area contributed by atoms with E-state index >= 15 is 0 Å². The minimum atomic E-state index is -0.110. The molecule has 0 unspecified atom stereocenters. The second kappa shape index (κ2) is 4.39. The first-order valence-corrected chi connectivity index (χ1v) is 7.51. The fourth-order valence-corrected chi connectivity index (χ4v) is 5.30. The van der Waals surface area contributed by atoms with Crippen molar-refractivity contribution >= 4 is 22.6 Å². The summed E-state index contributed by atoms with van der Waals surface area (Å²) < 4.78 is 0.172. The van der Waals surface area contributed by atoms with Gasteiger partial charge in [0.25, 0.3) is 0 Å². The third-order valence-electron chi connectivity index (χ3n) is 5.30. The van der Waals surface area contributed by atoms with Gasteiger partial charge in [-0.3, -0.25) is 0 Å². The zero-order chi connectivity index (χ0) is 12.0. The van der Waals surface area contributed by atoms with Crippen LogP contribution < -0.4 is 0 Å². The lowest BCUT2D eigenvalue weighted by molar-refractivity contribution is -0.0177. The van der Waals surface area contributed by atoms with Crippen LogP contribution >= 0.6 is 22.6 Å². The molecule has 0 aliphatic heterocycles. The Kier molecular flexibility index (Phi) is 3.59. The highest BCUT2D eigenvalue weighted by atomic mass is 127. The van der Waals surface area contributed by atoms with E-state index in [0.717, 1.165) is 25.7 Å². The van der Waals surface area contributed by atoms with E-state index in [1.165, 1.54) is 6.42 Å². The number of hydrogen-bond acceptors (Lipinski definition) is 2. The quantitative estimate of drug-likeness (QED) is 0.600. The van der Waals surface area contributed by atoms with Gasteiger partial charge in [0.1, 0.15) is 0 Å². The standard InChI is InChI=1S/C13H23IO2/c1-9(8-15)13(14)7-5-10-11(16)4-3-6-12(10,13)2/h9-11,15-16H,3-8H2,1-2H3/t9-,10+,11+,12+,13+/m1/s1. The highest BCUT2D eigenvalue weighted by Crippen LogP contribution is 2.63. The average molecular weight is 338 g/mol. The third kappa shape index (κ3) is 1.65. The molecule has 16 heavy (non-hydrogen) atoms. The first kappa shape index (κ1) is 13.1. The molecule has 0 saturated heterocycles. The molecule has 3 heteroatoms. The van der Waals surface area contributed by atoms with Gasteiger partial charge in [0.15, 0.2) is 0 Å². The molecule has 0 bridgehead atoms. The van der Waals surface area contributed by atoms with Crippen LogP contribution in [0.1, 0.15) is 46.0 Å². The Bertz CT molecular complexity index is 271. The lowest BCUT2D eigenvalue weighted by Gasteiger charge is -2.50. The number of aliphatic hydroxyl groups excluding tert-OH is 2. The van der Waals surface area contributed by atoms with Gasteiger partial charge < -0.3 is 10.2 Å². The van der Waals surface area contributed by atoms with Crippen LogP contribution in [0, 0.1) is 17.3 Å². The van der Waals surface area contributed by atoms with E-state index in [2.05, 4.69) is 36.4 Å². The Labute approximate surface area is 112 Å². The number of fused-ring (bicyclic) bond motifs is 1. The highest BCUT2D eigenvalue weighted by Gasteiger charge is 2.60. The summed E-state index contributed by atoms with van der Waals surface area (Å²) in [6.45, 7) is 4.76. The van der Waals surface area contributed by atoms with Crippen LogP contribution in [0.15, 0.2) is 0 Å². The van der Waals surface area contributed by atoms with Gasteiger partial charge in [0, 0.05) is 10.0 Å². The summed E-state index contributed by atoms with van der Waals surface area (Å²) in [5.74, 6) is 0.778. The molecule has 2 aliphatic rings. The fraction of sp³-hybridized carbons (Fsp3) is 1.00. The van der Waals surface area contributed by atoms with Crippen molar-refractivity contribution in [3.63, 3.8) is 0 Å². The van der Waals surface area contributed by atoms with Gasteiger partial charge in [-0.15, -0.1) is 0 Å². The molecule has 0 radical (unpaired) electrons. The molecule has 2 rings (SSSR count). The van der Waals surface area contributed by atoms with Crippen molar-refractivity contribution in [1.82, 2.24) is 0 Å². The maximum absolute atomic E-state index is 10.2. The third-order valence-corrected chi connectivity index (χ3v) is 8.14. The summed E-state index contributed by atoms with van der Waals surface area (Å²) in [5.41, 5.74) is 0.216. The van der Waals surface area contributed by atoms with Gasteiger partial charge in [0.05, 0.1) is 6.10 Å². The molecular formula is C13H23IO2. The van der Waals surface area contributed by atoms with Gasteiger partial charge in [-0.1, -0.05) is 42.9 Å². The fourth-order valence-electron chi connectivity index (χ4n) is 4.12. The van der Waals surface area contributed by atoms with Crippen LogP contribution in [0.2, 0.25) is 0 Å². The number of rotatable bonds is 2. The van der Waals surface area contributed by atoms with Gasteiger partial charge in [0.2, 0.25) is 0 Å². The van der Waals surface area contributed by atoms with E-state index in [0.29, 0.717) is 11.8 Å². The highest BCUT2D eigenvalue weighted by molar-refractivity contribution is 14.1. The van der Waals surface area contributed by atoms with Crippen LogP contribution in [0.4, 0.5) is 0 Å². The molecule has 0 heterocycles. The SMILES string of the molecule is C[C@H](CO)[C@@]1(I)CC[C@H]2[C@@H](O)CCC[C@@]21C. The predicted octanol–water partition coefficient (Wildman–Crippen LogP) is 2.75. The maximum Gasteiger partial charge on any atom is 0.0574 e. The lowest BCUT2D eigenvalue weighted by atomic mass is 9.62. The Morgan fingerprint density at radius 2 is 2.06 bits per heavy atom. The number of aliphatic hydroxyl groups is 2. The van der Waals surface area contributed by atoms with Crippen molar-refractivity contribution < 1.29 is 10.2 Å². The molecule has 2 aliphatic carbocycles. The van der Waals surface area contributed by atoms with E-state index in [4.69, 9.17) is 0 Å². The van der Waals surface area contributed by atoms with Crippen LogP contribution in [0.25, 0.3) is 0 Å². The average Bonchev–Trinajstić information content (AvgIpc) is 2.53. The molecule has 2 saturated carbocycles. The molecule has 2 nitrogen and oxygen atoms in total. The molecule has 2 fully saturated rings. The van der Waals surface area contributed by atoms with Crippen LogP contribution in [0.3, 0.4) is 0 Å². The number of hydrogen-bond donors (Lipinski definition) is 2. The van der Waals surface area contributed by atoms with Crippen molar-refractivity contribution in [1.29, 1.82) is 0 Å². The minimum Gasteiger partial charge on any atom is -0.396 e. The Balaban J connectivity index is 2.30. The van der Waals surface area contributed by atoms with Crippen molar-refractivity contribution in [2.75, 3.05) is 6.61 Å². The maximum atomic E-state index is 10.2. The zero-order valence-electron chi connectivity index (χ0n) is 10.2. The largest absolute Gasteiger partial charge is 0.396 e. The van der Waals surface area contributed by atoms with Crippen LogP contribution in [0.5, 0.6) is 0 Å². The topological polar surface area (TPSA) is 40.5 Å². The molecular weight excluding hydrogens is 315 g/mol. The summed E-state index contributed by atoms with van der Waals surface area (Å²) in [6.07, 6.45) is 5.49. The van der Waals surface area contributed by atoms with Crippen LogP contribution in [-0.2, 0) is 0 Å². The molecule has 0 aromatic rings. The molecule has 2 N–H and O–H groups in total. The van der Waals surface area contributed by atoms with E-state index in [-0.39, 0.29) is 21.5 Å². The van der Waals surface area contributed by atoms with Crippen molar-refractivity contribution in [2.45, 2.75) is 55.5 Å². The Morgan fingerprint density at radius 3 is 2.69 bits per heavy atom. The monoisotopic (exact) mass is 338 g/mol. The van der Waals surface area contributed by atoms with E-state index in [1.807, 2.05) is 0 Å². The lowest BCUT2D eigenvalue weighted by Crippen LogP contribution is -2.50.